The van der Waals surface area contributed by atoms with Crippen molar-refractivity contribution < 1.29 is 14.3 Å². The summed E-state index contributed by atoms with van der Waals surface area (Å²) in [4.78, 5) is 14.5. The van der Waals surface area contributed by atoms with Gasteiger partial charge in [0.1, 0.15) is 10.6 Å². The molecule has 1 amide bonds. The third-order valence-corrected chi connectivity index (χ3v) is 3.36. The minimum absolute atomic E-state index is 0.229. The fourth-order valence-electron chi connectivity index (χ4n) is 2.08. The molecular formula is C14H26N2O3S. The van der Waals surface area contributed by atoms with Crippen LogP contribution in [0.4, 0.5) is 4.79 Å². The Hall–Kier alpha value is -0.880. The van der Waals surface area contributed by atoms with Gasteiger partial charge in [-0.3, -0.25) is 0 Å². The molecule has 0 radical (unpaired) electrons. The highest BCUT2D eigenvalue weighted by Gasteiger charge is 2.27. The van der Waals surface area contributed by atoms with Gasteiger partial charge in [-0.1, -0.05) is 12.2 Å². The average molecular weight is 302 g/mol. The van der Waals surface area contributed by atoms with Gasteiger partial charge in [0.05, 0.1) is 13.2 Å². The van der Waals surface area contributed by atoms with Gasteiger partial charge in [0.25, 0.3) is 0 Å². The number of likely N-dealkylation sites (tertiary alicyclic amines) is 1. The molecule has 0 aliphatic carbocycles. The van der Waals surface area contributed by atoms with Gasteiger partial charge in [-0.25, -0.2) is 4.79 Å². The van der Waals surface area contributed by atoms with Gasteiger partial charge in [-0.2, -0.15) is 0 Å². The molecule has 6 heteroatoms. The zero-order valence-electron chi connectivity index (χ0n) is 12.9. The van der Waals surface area contributed by atoms with Gasteiger partial charge in [0, 0.05) is 26.1 Å². The van der Waals surface area contributed by atoms with Crippen LogP contribution in [0.15, 0.2) is 0 Å². The molecule has 116 valence electrons. The molecule has 0 aromatic carbocycles. The Kier molecular flexibility index (Phi) is 6.68. The predicted octanol–water partition coefficient (Wildman–Crippen LogP) is 2.20. The van der Waals surface area contributed by atoms with Crippen molar-refractivity contribution in [2.24, 2.45) is 5.92 Å². The van der Waals surface area contributed by atoms with Crippen LogP contribution >= 0.6 is 12.2 Å². The normalized spacial score (nSPS) is 19.6. The van der Waals surface area contributed by atoms with E-state index in [0.29, 0.717) is 30.7 Å². The van der Waals surface area contributed by atoms with Crippen LogP contribution in [0.5, 0.6) is 0 Å². The van der Waals surface area contributed by atoms with Crippen LogP contribution in [0.3, 0.4) is 0 Å². The number of nitrogens with one attached hydrogen (secondary N) is 1. The van der Waals surface area contributed by atoms with Crippen molar-refractivity contribution in [1.29, 1.82) is 0 Å². The van der Waals surface area contributed by atoms with Crippen LogP contribution in [0.25, 0.3) is 0 Å². The number of nitrogens with zero attached hydrogens (tertiary/aromatic N) is 1. The summed E-state index contributed by atoms with van der Waals surface area (Å²) in [6.45, 7) is 8.17. The Bertz CT molecular complexity index is 342. The molecule has 0 spiro atoms. The smallest absolute Gasteiger partial charge is 0.410 e. The second-order valence-electron chi connectivity index (χ2n) is 6.12. The average Bonchev–Trinajstić information content (AvgIpc) is 2.37. The van der Waals surface area contributed by atoms with Crippen molar-refractivity contribution in [3.63, 3.8) is 0 Å². The molecule has 1 aliphatic rings. The lowest BCUT2D eigenvalue weighted by molar-refractivity contribution is 0.00974. The summed E-state index contributed by atoms with van der Waals surface area (Å²) in [5.41, 5.74) is -0.445. The second kappa shape index (κ2) is 7.78. The van der Waals surface area contributed by atoms with Gasteiger partial charge >= 0.3 is 6.09 Å². The number of carbonyl (C=O) groups is 1. The quantitative estimate of drug-likeness (QED) is 0.807. The summed E-state index contributed by atoms with van der Waals surface area (Å²) in [5.74, 6) is 0.357. The van der Waals surface area contributed by atoms with Crippen LogP contribution in [0, 0.1) is 5.92 Å². The highest BCUT2D eigenvalue weighted by atomic mass is 32.1. The van der Waals surface area contributed by atoms with E-state index in [4.69, 9.17) is 21.7 Å². The molecule has 1 N–H and O–H groups in total. The first kappa shape index (κ1) is 17.2. The molecule has 5 nitrogen and oxygen atoms in total. The summed E-state index contributed by atoms with van der Waals surface area (Å²) in [7, 11) is 1.79. The summed E-state index contributed by atoms with van der Waals surface area (Å²) in [6, 6.07) is 0. The van der Waals surface area contributed by atoms with Crippen molar-refractivity contribution in [3.8, 4) is 0 Å². The number of likely N-dealkylation sites (N-methyl/N-ethyl adjacent to an activating group) is 1. The van der Waals surface area contributed by atoms with E-state index in [2.05, 4.69) is 5.32 Å². The van der Waals surface area contributed by atoms with E-state index in [-0.39, 0.29) is 6.09 Å². The van der Waals surface area contributed by atoms with Gasteiger partial charge in [-0.15, -0.1) is 0 Å². The number of hydrogen-bond donors (Lipinski definition) is 1. The standard InChI is InChI=1S/C14H26N2O3S/c1-14(2,3)19-13(17)16-7-5-6-11(8-16)9-18-10-12(20)15-4/h11H,5-10H2,1-4H3,(H,15,20)/t11-/m0/s1. The number of thiocarbonyl (C=S) groups is 1. The first-order chi connectivity index (χ1) is 9.31. The topological polar surface area (TPSA) is 50.8 Å². The Labute approximate surface area is 127 Å². The first-order valence-corrected chi connectivity index (χ1v) is 7.49. The van der Waals surface area contributed by atoms with Crippen molar-refractivity contribution in [2.45, 2.75) is 39.2 Å². The molecule has 1 saturated heterocycles. The third kappa shape index (κ3) is 6.52. The summed E-state index contributed by atoms with van der Waals surface area (Å²) in [5, 5.41) is 2.88. The lowest BCUT2D eigenvalue weighted by atomic mass is 9.99. The highest BCUT2D eigenvalue weighted by molar-refractivity contribution is 7.80. The lowest BCUT2D eigenvalue weighted by Gasteiger charge is -2.34. The zero-order valence-corrected chi connectivity index (χ0v) is 13.7. The maximum Gasteiger partial charge on any atom is 0.410 e. The maximum atomic E-state index is 12.0. The van der Waals surface area contributed by atoms with Crippen LogP contribution in [-0.4, -0.2) is 54.9 Å². The number of ether oxygens (including phenoxy) is 2. The Morgan fingerprint density at radius 3 is 2.75 bits per heavy atom. The van der Waals surface area contributed by atoms with Crippen LogP contribution in [0.2, 0.25) is 0 Å². The highest BCUT2D eigenvalue weighted by Crippen LogP contribution is 2.19. The van der Waals surface area contributed by atoms with Gasteiger partial charge in [-0.05, 0) is 33.6 Å². The Morgan fingerprint density at radius 1 is 1.45 bits per heavy atom. The molecule has 0 unspecified atom stereocenters. The van der Waals surface area contributed by atoms with E-state index >= 15 is 0 Å². The molecule has 0 bridgehead atoms. The molecule has 0 saturated carbocycles. The summed E-state index contributed by atoms with van der Waals surface area (Å²) < 4.78 is 11.0. The van der Waals surface area contributed by atoms with Crippen molar-refractivity contribution >= 4 is 23.3 Å². The third-order valence-electron chi connectivity index (χ3n) is 3.04. The number of piperidine rings is 1. The molecule has 1 heterocycles. The van der Waals surface area contributed by atoms with E-state index in [1.54, 1.807) is 11.9 Å². The molecule has 20 heavy (non-hydrogen) atoms. The van der Waals surface area contributed by atoms with Gasteiger partial charge < -0.3 is 19.7 Å². The molecular weight excluding hydrogens is 276 g/mol. The molecule has 1 atom stereocenters. The number of hydrogen-bond acceptors (Lipinski definition) is 4. The van der Waals surface area contributed by atoms with Crippen molar-refractivity contribution in [3.05, 3.63) is 0 Å². The maximum absolute atomic E-state index is 12.0. The van der Waals surface area contributed by atoms with E-state index in [1.807, 2.05) is 20.8 Å². The summed E-state index contributed by atoms with van der Waals surface area (Å²) >= 11 is 5.03. The van der Waals surface area contributed by atoms with Gasteiger partial charge in [0.15, 0.2) is 0 Å². The van der Waals surface area contributed by atoms with Crippen LogP contribution < -0.4 is 5.32 Å². The molecule has 0 aromatic rings. The molecule has 1 aliphatic heterocycles. The second-order valence-corrected chi connectivity index (χ2v) is 6.62. The fraction of sp³-hybridized carbons (Fsp3) is 0.857. The number of amides is 1. The monoisotopic (exact) mass is 302 g/mol. The Balaban J connectivity index is 2.35. The van der Waals surface area contributed by atoms with E-state index in [1.165, 1.54) is 0 Å². The van der Waals surface area contributed by atoms with Crippen LogP contribution in [-0.2, 0) is 9.47 Å². The van der Waals surface area contributed by atoms with Crippen molar-refractivity contribution in [2.75, 3.05) is 33.4 Å². The van der Waals surface area contributed by atoms with Crippen LogP contribution in [0.1, 0.15) is 33.6 Å². The first-order valence-electron chi connectivity index (χ1n) is 7.08. The Morgan fingerprint density at radius 2 is 2.15 bits per heavy atom. The van der Waals surface area contributed by atoms with Gasteiger partial charge in [0.2, 0.25) is 0 Å². The summed E-state index contributed by atoms with van der Waals surface area (Å²) in [6.07, 6.45) is 1.84. The van der Waals surface area contributed by atoms with E-state index in [0.717, 1.165) is 19.4 Å². The number of rotatable bonds is 4. The number of carbonyl (C=O) groups excluding carboxylic acids is 1. The van der Waals surface area contributed by atoms with Crippen molar-refractivity contribution in [1.82, 2.24) is 10.2 Å². The largest absolute Gasteiger partial charge is 0.444 e. The zero-order chi connectivity index (χ0) is 15.2. The molecule has 1 fully saturated rings. The minimum atomic E-state index is -0.445. The van der Waals surface area contributed by atoms with E-state index in [9.17, 15) is 4.79 Å². The SMILES string of the molecule is CNC(=S)COC[C@H]1CCCN(C(=O)OC(C)(C)C)C1. The fourth-order valence-corrected chi connectivity index (χ4v) is 2.17. The molecule has 1 rings (SSSR count). The molecule has 0 aromatic heterocycles. The minimum Gasteiger partial charge on any atom is -0.444 e. The lowest BCUT2D eigenvalue weighted by Crippen LogP contribution is -2.44. The van der Waals surface area contributed by atoms with E-state index < -0.39 is 5.60 Å². The predicted molar refractivity (Wildman–Crippen MR) is 83.0 cm³/mol.